The molecule has 0 bridgehead atoms. The van der Waals surface area contributed by atoms with Crippen LogP contribution in [0.1, 0.15) is 80.6 Å². The van der Waals surface area contributed by atoms with Gasteiger partial charge in [-0.3, -0.25) is 9.59 Å². The Morgan fingerprint density at radius 2 is 1.55 bits per heavy atom. The lowest BCUT2D eigenvalue weighted by molar-refractivity contribution is -0.154. The second-order valence-corrected chi connectivity index (χ2v) is 7.49. The van der Waals surface area contributed by atoms with Gasteiger partial charge in [-0.2, -0.15) is 0 Å². The summed E-state index contributed by atoms with van der Waals surface area (Å²) in [5, 5.41) is 0. The molecule has 0 heterocycles. The van der Waals surface area contributed by atoms with Crippen LogP contribution >= 0.6 is 0 Å². The molecule has 1 amide bonds. The average Bonchev–Trinajstić information content (AvgIpc) is 2.41. The number of carbonyl (C=O) groups excluding carboxylic acids is 2. The quantitative estimate of drug-likeness (QED) is 0.474. The third-order valence-corrected chi connectivity index (χ3v) is 4.13. The summed E-state index contributed by atoms with van der Waals surface area (Å²) in [5.74, 6) is 0.0788. The summed E-state index contributed by atoms with van der Waals surface area (Å²) in [6.45, 7) is 15.2. The summed E-state index contributed by atoms with van der Waals surface area (Å²) in [4.78, 5) is 25.9. The van der Waals surface area contributed by atoms with Crippen LogP contribution in [0.2, 0.25) is 0 Å². The summed E-state index contributed by atoms with van der Waals surface area (Å²) in [7, 11) is 0. The second kappa shape index (κ2) is 9.16. The Kier molecular flexibility index (Phi) is 8.72. The molecular formula is C18H35NO3. The van der Waals surface area contributed by atoms with Crippen LogP contribution in [-0.2, 0) is 14.3 Å². The molecular weight excluding hydrogens is 278 g/mol. The molecule has 4 heteroatoms. The molecule has 130 valence electrons. The fourth-order valence-electron chi connectivity index (χ4n) is 2.22. The van der Waals surface area contributed by atoms with Gasteiger partial charge < -0.3 is 9.64 Å². The third kappa shape index (κ3) is 7.28. The first-order chi connectivity index (χ1) is 10.1. The van der Waals surface area contributed by atoms with E-state index in [1.807, 2.05) is 32.6 Å². The van der Waals surface area contributed by atoms with E-state index < -0.39 is 5.41 Å². The summed E-state index contributed by atoms with van der Waals surface area (Å²) in [6, 6.07) is 0. The van der Waals surface area contributed by atoms with Crippen molar-refractivity contribution in [2.75, 3.05) is 13.2 Å². The van der Waals surface area contributed by atoms with E-state index in [1.54, 1.807) is 0 Å². The fraction of sp³-hybridized carbons (Fsp3) is 0.889. The first-order valence-corrected chi connectivity index (χ1v) is 8.54. The van der Waals surface area contributed by atoms with Crippen LogP contribution in [0.3, 0.4) is 0 Å². The Balaban J connectivity index is 3.91. The van der Waals surface area contributed by atoms with Gasteiger partial charge in [0.1, 0.15) is 0 Å². The molecule has 0 aliphatic rings. The Bertz CT molecular complexity index is 356. The van der Waals surface area contributed by atoms with Crippen LogP contribution in [0.15, 0.2) is 0 Å². The number of ether oxygens (including phenoxy) is 1. The summed E-state index contributed by atoms with van der Waals surface area (Å²) >= 11 is 0. The van der Waals surface area contributed by atoms with Crippen molar-refractivity contribution in [2.45, 2.75) is 86.1 Å². The molecule has 0 aromatic heterocycles. The molecule has 0 aliphatic carbocycles. The Morgan fingerprint density at radius 3 is 2.00 bits per heavy atom. The molecule has 0 aromatic carbocycles. The van der Waals surface area contributed by atoms with E-state index in [9.17, 15) is 9.59 Å². The van der Waals surface area contributed by atoms with Gasteiger partial charge in [0.05, 0.1) is 12.0 Å². The van der Waals surface area contributed by atoms with Gasteiger partial charge in [0.15, 0.2) is 0 Å². The van der Waals surface area contributed by atoms with Crippen molar-refractivity contribution < 1.29 is 14.3 Å². The maximum absolute atomic E-state index is 12.2. The standard InChI is InChI=1S/C18H35NO3/c1-8-18(6,7)16(21)22-14-12-10-11-13-15(20)19(9-2)17(3,4)5/h8-14H2,1-7H3. The number of carbonyl (C=O) groups is 2. The molecule has 0 radical (unpaired) electrons. The fourth-order valence-corrected chi connectivity index (χ4v) is 2.22. The number of nitrogens with zero attached hydrogens (tertiary/aromatic N) is 1. The lowest BCUT2D eigenvalue weighted by Gasteiger charge is -2.35. The first kappa shape index (κ1) is 20.9. The van der Waals surface area contributed by atoms with Crippen molar-refractivity contribution in [2.24, 2.45) is 5.41 Å². The van der Waals surface area contributed by atoms with Gasteiger partial charge in [-0.1, -0.05) is 6.92 Å². The van der Waals surface area contributed by atoms with Gasteiger partial charge in [-0.25, -0.2) is 0 Å². The van der Waals surface area contributed by atoms with Gasteiger partial charge in [-0.15, -0.1) is 0 Å². The predicted octanol–water partition coefficient (Wildman–Crippen LogP) is 4.17. The molecule has 0 fully saturated rings. The largest absolute Gasteiger partial charge is 0.465 e. The minimum atomic E-state index is -0.399. The van der Waals surface area contributed by atoms with Crippen LogP contribution in [0.4, 0.5) is 0 Å². The molecule has 0 atom stereocenters. The summed E-state index contributed by atoms with van der Waals surface area (Å²) in [5.41, 5.74) is -0.516. The summed E-state index contributed by atoms with van der Waals surface area (Å²) < 4.78 is 5.29. The minimum absolute atomic E-state index is 0.118. The maximum atomic E-state index is 12.2. The molecule has 0 saturated heterocycles. The van der Waals surface area contributed by atoms with E-state index >= 15 is 0 Å². The molecule has 0 N–H and O–H groups in total. The van der Waals surface area contributed by atoms with Crippen molar-refractivity contribution in [1.29, 1.82) is 0 Å². The Labute approximate surface area is 136 Å². The number of amides is 1. The molecule has 4 nitrogen and oxygen atoms in total. The SMILES string of the molecule is CCN(C(=O)CCCCCOC(=O)C(C)(C)CC)C(C)(C)C. The van der Waals surface area contributed by atoms with Crippen LogP contribution in [0, 0.1) is 5.41 Å². The lowest BCUT2D eigenvalue weighted by Crippen LogP contribution is -2.45. The van der Waals surface area contributed by atoms with E-state index in [0.29, 0.717) is 13.0 Å². The Morgan fingerprint density at radius 1 is 0.955 bits per heavy atom. The normalized spacial score (nSPS) is 12.1. The molecule has 22 heavy (non-hydrogen) atoms. The van der Waals surface area contributed by atoms with Crippen molar-refractivity contribution >= 4 is 11.9 Å². The highest BCUT2D eigenvalue weighted by Crippen LogP contribution is 2.21. The van der Waals surface area contributed by atoms with E-state index in [1.165, 1.54) is 0 Å². The number of hydrogen-bond donors (Lipinski definition) is 0. The molecule has 0 aliphatic heterocycles. The maximum Gasteiger partial charge on any atom is 0.311 e. The molecule has 0 rings (SSSR count). The average molecular weight is 313 g/mol. The topological polar surface area (TPSA) is 46.6 Å². The zero-order chi connectivity index (χ0) is 17.4. The van der Waals surface area contributed by atoms with Gasteiger partial charge in [0, 0.05) is 18.5 Å². The monoisotopic (exact) mass is 313 g/mol. The van der Waals surface area contributed by atoms with Crippen molar-refractivity contribution in [3.8, 4) is 0 Å². The van der Waals surface area contributed by atoms with Crippen LogP contribution in [0.25, 0.3) is 0 Å². The van der Waals surface area contributed by atoms with E-state index in [0.717, 1.165) is 32.2 Å². The number of hydrogen-bond acceptors (Lipinski definition) is 3. The minimum Gasteiger partial charge on any atom is -0.465 e. The first-order valence-electron chi connectivity index (χ1n) is 8.54. The van der Waals surface area contributed by atoms with Crippen LogP contribution in [-0.4, -0.2) is 35.5 Å². The number of esters is 1. The smallest absolute Gasteiger partial charge is 0.311 e. The third-order valence-electron chi connectivity index (χ3n) is 4.13. The van der Waals surface area contributed by atoms with Gasteiger partial charge in [0.25, 0.3) is 0 Å². The molecule has 0 spiro atoms. The highest BCUT2D eigenvalue weighted by atomic mass is 16.5. The van der Waals surface area contributed by atoms with E-state index in [2.05, 4.69) is 20.8 Å². The van der Waals surface area contributed by atoms with Crippen molar-refractivity contribution in [3.63, 3.8) is 0 Å². The van der Waals surface area contributed by atoms with Crippen molar-refractivity contribution in [1.82, 2.24) is 4.90 Å². The molecule has 0 aromatic rings. The molecule has 0 saturated carbocycles. The van der Waals surface area contributed by atoms with Crippen molar-refractivity contribution in [3.05, 3.63) is 0 Å². The number of rotatable bonds is 9. The van der Waals surface area contributed by atoms with Gasteiger partial charge in [-0.05, 0) is 67.2 Å². The summed E-state index contributed by atoms with van der Waals surface area (Å²) in [6.07, 6.45) is 3.92. The predicted molar refractivity (Wildman–Crippen MR) is 90.6 cm³/mol. The van der Waals surface area contributed by atoms with E-state index in [4.69, 9.17) is 4.74 Å². The zero-order valence-corrected chi connectivity index (χ0v) is 15.6. The highest BCUT2D eigenvalue weighted by Gasteiger charge is 2.27. The van der Waals surface area contributed by atoms with Crippen LogP contribution < -0.4 is 0 Å². The Hall–Kier alpha value is -1.06. The van der Waals surface area contributed by atoms with Crippen LogP contribution in [0.5, 0.6) is 0 Å². The van der Waals surface area contributed by atoms with Gasteiger partial charge >= 0.3 is 5.97 Å². The lowest BCUT2D eigenvalue weighted by atomic mass is 9.91. The van der Waals surface area contributed by atoms with E-state index in [-0.39, 0.29) is 17.4 Å². The number of unbranched alkanes of at least 4 members (excludes halogenated alkanes) is 2. The second-order valence-electron chi connectivity index (χ2n) is 7.49. The zero-order valence-electron chi connectivity index (χ0n) is 15.6. The highest BCUT2D eigenvalue weighted by molar-refractivity contribution is 5.77. The molecule has 0 unspecified atom stereocenters. The van der Waals surface area contributed by atoms with Gasteiger partial charge in [0.2, 0.25) is 5.91 Å².